The average Bonchev–Trinajstić information content (AvgIpc) is 3.36. The monoisotopic (exact) mass is 508 g/mol. The molecule has 0 saturated carbocycles. The lowest BCUT2D eigenvalue weighted by atomic mass is 9.88. The number of carboxylic acids is 1. The van der Waals surface area contributed by atoms with Gasteiger partial charge in [-0.05, 0) is 73.6 Å². The van der Waals surface area contributed by atoms with Gasteiger partial charge in [-0.15, -0.1) is 0 Å². The van der Waals surface area contributed by atoms with Crippen LogP contribution in [-0.4, -0.2) is 64.4 Å². The van der Waals surface area contributed by atoms with Gasteiger partial charge in [0.05, 0.1) is 18.8 Å². The normalized spacial score (nSPS) is 22.4. The van der Waals surface area contributed by atoms with Crippen molar-refractivity contribution in [3.8, 4) is 0 Å². The number of anilines is 1. The van der Waals surface area contributed by atoms with Gasteiger partial charge in [0.2, 0.25) is 0 Å². The molecule has 2 aromatic heterocycles. The fraction of sp³-hybridized carbons (Fsp3) is 0.621. The van der Waals surface area contributed by atoms with Crippen LogP contribution in [0.25, 0.3) is 0 Å². The maximum atomic E-state index is 12.5. The molecule has 8 nitrogen and oxygen atoms in total. The Morgan fingerprint density at radius 3 is 3.00 bits per heavy atom. The van der Waals surface area contributed by atoms with E-state index in [1.54, 1.807) is 6.20 Å². The van der Waals surface area contributed by atoms with E-state index in [0.29, 0.717) is 32.2 Å². The molecular weight excluding hydrogens is 468 g/mol. The van der Waals surface area contributed by atoms with E-state index in [1.807, 2.05) is 11.1 Å². The lowest BCUT2D eigenvalue weighted by Gasteiger charge is -2.32. The first kappa shape index (κ1) is 26.1. The van der Waals surface area contributed by atoms with E-state index < -0.39 is 12.0 Å². The van der Waals surface area contributed by atoms with Crippen molar-refractivity contribution in [3.05, 3.63) is 52.5 Å². The second-order valence-electron chi connectivity index (χ2n) is 11.0. The topological polar surface area (TPSA) is 96.8 Å². The van der Waals surface area contributed by atoms with E-state index >= 15 is 0 Å². The van der Waals surface area contributed by atoms with Crippen LogP contribution in [0.3, 0.4) is 0 Å². The van der Waals surface area contributed by atoms with Gasteiger partial charge < -0.3 is 19.9 Å². The molecule has 1 saturated heterocycles. The van der Waals surface area contributed by atoms with Gasteiger partial charge in [0.25, 0.3) is 0 Å². The molecule has 1 fully saturated rings. The van der Waals surface area contributed by atoms with Gasteiger partial charge >= 0.3 is 5.97 Å². The van der Waals surface area contributed by atoms with E-state index in [1.165, 1.54) is 12.0 Å². The minimum absolute atomic E-state index is 0.0622. The molecule has 0 bridgehead atoms. The summed E-state index contributed by atoms with van der Waals surface area (Å²) in [5.41, 5.74) is 5.38. The summed E-state index contributed by atoms with van der Waals surface area (Å²) in [6, 6.07) is 3.66. The van der Waals surface area contributed by atoms with Crippen LogP contribution in [0.15, 0.2) is 24.5 Å². The quantitative estimate of drug-likeness (QED) is 0.462. The molecule has 5 rings (SSSR count). The Morgan fingerprint density at radius 1 is 1.27 bits per heavy atom. The molecular formula is C29H40N4O4. The fourth-order valence-electron chi connectivity index (χ4n) is 5.82. The molecule has 3 aliphatic rings. The molecule has 3 atom stereocenters. The number of fused-ring (bicyclic) bond motifs is 2. The van der Waals surface area contributed by atoms with Crippen molar-refractivity contribution in [2.45, 2.75) is 83.6 Å². The summed E-state index contributed by atoms with van der Waals surface area (Å²) in [5.74, 6) is 0.610. The lowest BCUT2D eigenvalue weighted by molar-refractivity contribution is -0.143. The smallest absolute Gasteiger partial charge is 0.325 e. The molecule has 37 heavy (non-hydrogen) atoms. The fourth-order valence-corrected chi connectivity index (χ4v) is 5.82. The number of rotatable bonds is 10. The minimum atomic E-state index is -0.824. The van der Waals surface area contributed by atoms with Crippen molar-refractivity contribution in [3.63, 3.8) is 0 Å². The third kappa shape index (κ3) is 6.13. The van der Waals surface area contributed by atoms with Crippen LogP contribution in [-0.2, 0) is 40.1 Å². The molecule has 2 N–H and O–H groups in total. The summed E-state index contributed by atoms with van der Waals surface area (Å²) < 4.78 is 12.2. The summed E-state index contributed by atoms with van der Waals surface area (Å²) in [6.45, 7) is 7.82. The maximum Gasteiger partial charge on any atom is 0.325 e. The Morgan fingerprint density at radius 2 is 2.16 bits per heavy atom. The van der Waals surface area contributed by atoms with Gasteiger partial charge in [-0.2, -0.15) is 0 Å². The summed E-state index contributed by atoms with van der Waals surface area (Å²) in [7, 11) is 0. The molecule has 8 heteroatoms. The van der Waals surface area contributed by atoms with Crippen molar-refractivity contribution < 1.29 is 19.4 Å². The van der Waals surface area contributed by atoms with Gasteiger partial charge in [-0.25, -0.2) is 4.98 Å². The number of pyridine rings is 2. The van der Waals surface area contributed by atoms with Crippen LogP contribution in [0.2, 0.25) is 0 Å². The number of hydrogen-bond donors (Lipinski definition) is 2. The second kappa shape index (κ2) is 11.9. The SMILES string of the molecule is CC(C)C1Cc2c(cncc2C(C(=O)O)N2CC[C@@H](OCCCCc3ccc4c(n3)NCCC4)C2)CO1. The Balaban J connectivity index is 1.13. The number of hydrogen-bond acceptors (Lipinski definition) is 7. The van der Waals surface area contributed by atoms with Crippen LogP contribution < -0.4 is 5.32 Å². The van der Waals surface area contributed by atoms with Crippen LogP contribution in [0.5, 0.6) is 0 Å². The highest BCUT2D eigenvalue weighted by atomic mass is 16.5. The first-order valence-corrected chi connectivity index (χ1v) is 13.9. The van der Waals surface area contributed by atoms with Gasteiger partial charge in [-0.3, -0.25) is 14.7 Å². The number of aromatic nitrogens is 2. The summed E-state index contributed by atoms with van der Waals surface area (Å²) in [5, 5.41) is 13.6. The van der Waals surface area contributed by atoms with Crippen molar-refractivity contribution in [1.29, 1.82) is 0 Å². The van der Waals surface area contributed by atoms with Crippen LogP contribution in [0, 0.1) is 5.92 Å². The standard InChI is InChI=1S/C29H40N4O4/c1-19(2)26-14-24-21(18-37-26)15-30-16-25(24)27(29(34)35)33-12-10-23(17-33)36-13-4-3-7-22-9-8-20-6-5-11-31-28(20)32-22/h8-9,15-16,19,23,26-27H,3-7,10-14,17-18H2,1-2H3,(H,31,32)(H,34,35)/t23-,26?,27?/m1/s1. The summed E-state index contributed by atoms with van der Waals surface area (Å²) >= 11 is 0. The molecule has 5 heterocycles. The summed E-state index contributed by atoms with van der Waals surface area (Å²) in [6.07, 6.45) is 10.6. The van der Waals surface area contributed by atoms with Crippen LogP contribution >= 0.6 is 0 Å². The predicted molar refractivity (Wildman–Crippen MR) is 142 cm³/mol. The Labute approximate surface area is 219 Å². The van der Waals surface area contributed by atoms with Gasteiger partial charge in [0.1, 0.15) is 11.9 Å². The van der Waals surface area contributed by atoms with Crippen molar-refractivity contribution in [1.82, 2.24) is 14.9 Å². The number of unbranched alkanes of at least 4 members (excludes halogenated alkanes) is 1. The first-order chi connectivity index (χ1) is 18.0. The Hall–Kier alpha value is -2.55. The molecule has 0 spiro atoms. The number of nitrogens with zero attached hydrogens (tertiary/aromatic N) is 3. The minimum Gasteiger partial charge on any atom is -0.480 e. The number of carbonyl (C=O) groups is 1. The highest BCUT2D eigenvalue weighted by Crippen LogP contribution is 2.34. The number of likely N-dealkylation sites (tertiary alicyclic amines) is 1. The van der Waals surface area contributed by atoms with Crippen LogP contribution in [0.1, 0.15) is 73.5 Å². The third-order valence-electron chi connectivity index (χ3n) is 7.98. The molecule has 2 aromatic rings. The highest BCUT2D eigenvalue weighted by Gasteiger charge is 2.37. The highest BCUT2D eigenvalue weighted by molar-refractivity contribution is 5.76. The predicted octanol–water partition coefficient (Wildman–Crippen LogP) is 4.17. The number of aliphatic carboxylic acids is 1. The average molecular weight is 509 g/mol. The summed E-state index contributed by atoms with van der Waals surface area (Å²) in [4.78, 5) is 23.7. The van der Waals surface area contributed by atoms with E-state index in [0.717, 1.165) is 73.3 Å². The largest absolute Gasteiger partial charge is 0.480 e. The molecule has 0 radical (unpaired) electrons. The number of aryl methyl sites for hydroxylation is 2. The Bertz CT molecular complexity index is 1090. The van der Waals surface area contributed by atoms with E-state index in [2.05, 4.69) is 36.3 Å². The molecule has 0 aromatic carbocycles. The van der Waals surface area contributed by atoms with Crippen LogP contribution in [0.4, 0.5) is 5.82 Å². The zero-order chi connectivity index (χ0) is 25.8. The molecule has 3 aliphatic heterocycles. The zero-order valence-corrected chi connectivity index (χ0v) is 22.1. The lowest BCUT2D eigenvalue weighted by Crippen LogP contribution is -2.36. The van der Waals surface area contributed by atoms with Gasteiger partial charge in [0, 0.05) is 49.9 Å². The molecule has 0 amide bonds. The van der Waals surface area contributed by atoms with E-state index in [-0.39, 0.29) is 12.2 Å². The van der Waals surface area contributed by atoms with E-state index in [4.69, 9.17) is 14.5 Å². The zero-order valence-electron chi connectivity index (χ0n) is 22.1. The van der Waals surface area contributed by atoms with Gasteiger partial charge in [-0.1, -0.05) is 19.9 Å². The van der Waals surface area contributed by atoms with Crippen molar-refractivity contribution in [2.75, 3.05) is 31.6 Å². The maximum absolute atomic E-state index is 12.5. The number of nitrogens with one attached hydrogen (secondary N) is 1. The molecule has 0 aliphatic carbocycles. The third-order valence-corrected chi connectivity index (χ3v) is 7.98. The van der Waals surface area contributed by atoms with Gasteiger partial charge in [0.15, 0.2) is 0 Å². The first-order valence-electron chi connectivity index (χ1n) is 13.9. The van der Waals surface area contributed by atoms with Crippen molar-refractivity contribution in [2.24, 2.45) is 5.92 Å². The van der Waals surface area contributed by atoms with Crippen molar-refractivity contribution >= 4 is 11.8 Å². The molecule has 200 valence electrons. The number of ether oxygens (including phenoxy) is 2. The van der Waals surface area contributed by atoms with E-state index in [9.17, 15) is 9.90 Å². The molecule has 2 unspecified atom stereocenters. The number of carboxylic acid groups (broad SMARTS) is 1. The second-order valence-corrected chi connectivity index (χ2v) is 11.0. The Kier molecular flexibility index (Phi) is 8.37.